The van der Waals surface area contributed by atoms with E-state index < -0.39 is 0 Å². The van der Waals surface area contributed by atoms with Crippen LogP contribution in [0.15, 0.2) is 24.4 Å². The third-order valence-corrected chi connectivity index (χ3v) is 8.67. The van der Waals surface area contributed by atoms with Gasteiger partial charge in [-0.1, -0.05) is 0 Å². The second-order valence-corrected chi connectivity index (χ2v) is 11.3. The number of nitrogens with one attached hydrogen (secondary N) is 1. The van der Waals surface area contributed by atoms with E-state index in [0.29, 0.717) is 19.7 Å². The molecule has 2 aromatic rings. The van der Waals surface area contributed by atoms with Gasteiger partial charge in [-0.3, -0.25) is 14.5 Å². The van der Waals surface area contributed by atoms with Crippen molar-refractivity contribution in [2.45, 2.75) is 69.9 Å². The highest BCUT2D eigenvalue weighted by atomic mass is 16.5. The lowest BCUT2D eigenvalue weighted by molar-refractivity contribution is -0.161. The van der Waals surface area contributed by atoms with Crippen LogP contribution in [0.1, 0.15) is 57.8 Å². The number of hydrogen-bond donors (Lipinski definition) is 1. The number of nitrogens with zero attached hydrogens (tertiary/aromatic N) is 4. The molecule has 0 radical (unpaired) electrons. The quantitative estimate of drug-likeness (QED) is 0.588. The van der Waals surface area contributed by atoms with Crippen LogP contribution in [0.5, 0.6) is 0 Å². The number of hydrogen-bond acceptors (Lipinski definition) is 4. The van der Waals surface area contributed by atoms with Crippen LogP contribution in [0.2, 0.25) is 0 Å². The Balaban J connectivity index is 0.971. The van der Waals surface area contributed by atoms with E-state index in [1.807, 2.05) is 40.7 Å². The average Bonchev–Trinajstić information content (AvgIpc) is 3.45. The van der Waals surface area contributed by atoms with Crippen molar-refractivity contribution in [1.29, 1.82) is 0 Å². The molecule has 2 amide bonds. The summed E-state index contributed by atoms with van der Waals surface area (Å²) in [5.41, 5.74) is 1.96. The lowest BCUT2D eigenvalue weighted by Crippen LogP contribution is -2.52. The van der Waals surface area contributed by atoms with Crippen molar-refractivity contribution < 1.29 is 14.3 Å². The second-order valence-electron chi connectivity index (χ2n) is 11.3. The minimum atomic E-state index is -0.0810. The number of amides is 2. The highest BCUT2D eigenvalue weighted by Crippen LogP contribution is 2.57. The van der Waals surface area contributed by atoms with Gasteiger partial charge in [-0.15, -0.1) is 0 Å². The second kappa shape index (κ2) is 9.12. The van der Waals surface area contributed by atoms with Gasteiger partial charge in [0.15, 0.2) is 0 Å². The predicted octanol–water partition coefficient (Wildman–Crippen LogP) is 3.51. The molecular weight excluding hydrogens is 442 g/mol. The van der Waals surface area contributed by atoms with E-state index >= 15 is 0 Å². The summed E-state index contributed by atoms with van der Waals surface area (Å²) >= 11 is 0. The molecule has 4 fully saturated rings. The predicted molar refractivity (Wildman–Crippen MR) is 133 cm³/mol. The number of carbonyl (C=O) groups excluding carboxylic acids is 2. The lowest BCUT2D eigenvalue weighted by atomic mass is 9.54. The van der Waals surface area contributed by atoms with E-state index in [0.717, 1.165) is 47.9 Å². The summed E-state index contributed by atoms with van der Waals surface area (Å²) in [6.07, 6.45) is 11.1. The van der Waals surface area contributed by atoms with Crippen LogP contribution >= 0.6 is 0 Å². The van der Waals surface area contributed by atoms with Crippen LogP contribution in [0.25, 0.3) is 11.4 Å². The van der Waals surface area contributed by atoms with Gasteiger partial charge < -0.3 is 14.6 Å². The molecule has 1 N–H and O–H groups in total. The fraction of sp³-hybridized carbons (Fsp3) is 0.667. The smallest absolute Gasteiger partial charge is 0.228 e. The summed E-state index contributed by atoms with van der Waals surface area (Å²) in [4.78, 5) is 27.2. The monoisotopic (exact) mass is 479 g/mol. The topological polar surface area (TPSA) is 81.4 Å². The Labute approximate surface area is 207 Å². The summed E-state index contributed by atoms with van der Waals surface area (Å²) < 4.78 is 10.3. The zero-order chi connectivity index (χ0) is 24.0. The maximum Gasteiger partial charge on any atom is 0.228 e. The molecule has 35 heavy (non-hydrogen) atoms. The molecule has 4 aliphatic carbocycles. The molecule has 7 rings (SSSR count). The van der Waals surface area contributed by atoms with E-state index in [9.17, 15) is 9.59 Å². The van der Waals surface area contributed by atoms with Gasteiger partial charge in [0, 0.05) is 51.8 Å². The largest absolute Gasteiger partial charge is 0.373 e. The zero-order valence-corrected chi connectivity index (χ0v) is 20.7. The van der Waals surface area contributed by atoms with Gasteiger partial charge in [0.05, 0.1) is 17.9 Å². The molecule has 5 aliphatic rings. The molecule has 0 spiro atoms. The van der Waals surface area contributed by atoms with Crippen LogP contribution in [-0.2, 0) is 27.9 Å². The van der Waals surface area contributed by atoms with Gasteiger partial charge in [0.25, 0.3) is 0 Å². The van der Waals surface area contributed by atoms with Crippen molar-refractivity contribution in [2.75, 3.05) is 24.6 Å². The molecule has 8 nitrogen and oxygen atoms in total. The number of aryl methyl sites for hydroxylation is 2. The molecule has 0 saturated heterocycles. The van der Waals surface area contributed by atoms with Crippen molar-refractivity contribution >= 4 is 17.6 Å². The molecule has 1 aliphatic heterocycles. The lowest BCUT2D eigenvalue weighted by Gasteiger charge is -2.56. The molecule has 188 valence electrons. The Hall–Kier alpha value is -2.61. The minimum Gasteiger partial charge on any atom is -0.373 e. The van der Waals surface area contributed by atoms with E-state index in [2.05, 4.69) is 5.32 Å². The molecule has 0 aromatic carbocycles. The highest BCUT2D eigenvalue weighted by molar-refractivity contribution is 5.95. The summed E-state index contributed by atoms with van der Waals surface area (Å²) in [6, 6.07) is 6.00. The number of fused-ring (bicyclic) bond motifs is 1. The molecule has 3 heterocycles. The number of anilines is 1. The highest BCUT2D eigenvalue weighted by Gasteiger charge is 2.51. The first-order chi connectivity index (χ1) is 17.0. The van der Waals surface area contributed by atoms with E-state index in [4.69, 9.17) is 9.84 Å². The van der Waals surface area contributed by atoms with Gasteiger partial charge in [0.2, 0.25) is 11.8 Å². The fourth-order valence-corrected chi connectivity index (χ4v) is 7.50. The third-order valence-electron chi connectivity index (χ3n) is 8.67. The van der Waals surface area contributed by atoms with Crippen LogP contribution in [0, 0.1) is 17.8 Å². The van der Waals surface area contributed by atoms with Gasteiger partial charge in [0.1, 0.15) is 11.5 Å². The maximum atomic E-state index is 13.0. The van der Waals surface area contributed by atoms with Crippen LogP contribution in [0.3, 0.4) is 0 Å². The Bertz CT molecular complexity index is 1070. The molecule has 8 heteroatoms. The summed E-state index contributed by atoms with van der Waals surface area (Å²) in [5, 5.41) is 7.67. The number of ether oxygens (including phenoxy) is 1. The van der Waals surface area contributed by atoms with E-state index in [-0.39, 0.29) is 30.3 Å². The fourth-order valence-electron chi connectivity index (χ4n) is 7.50. The van der Waals surface area contributed by atoms with Gasteiger partial charge in [-0.25, -0.2) is 4.68 Å². The van der Waals surface area contributed by atoms with Crippen molar-refractivity contribution in [3.63, 3.8) is 0 Å². The van der Waals surface area contributed by atoms with Crippen molar-refractivity contribution in [1.82, 2.24) is 19.7 Å². The van der Waals surface area contributed by atoms with E-state index in [1.165, 1.54) is 38.5 Å². The minimum absolute atomic E-state index is 0.0238. The van der Waals surface area contributed by atoms with Gasteiger partial charge in [-0.2, -0.15) is 5.10 Å². The Morgan fingerprint density at radius 1 is 1.11 bits per heavy atom. The first-order valence-corrected chi connectivity index (χ1v) is 13.4. The Morgan fingerprint density at radius 2 is 1.86 bits per heavy atom. The molecule has 0 atom stereocenters. The first kappa shape index (κ1) is 22.8. The SMILES string of the molecule is Cn1cccc1-c1cc2n(n1)CCCN2C(=O)CCC(=O)NCCOC12CC3CC(CC(C3)C1)C2. The van der Waals surface area contributed by atoms with Crippen LogP contribution in [0.4, 0.5) is 5.82 Å². The van der Waals surface area contributed by atoms with E-state index in [1.54, 1.807) is 4.90 Å². The molecule has 0 unspecified atom stereocenters. The number of aromatic nitrogens is 3. The van der Waals surface area contributed by atoms with Crippen molar-refractivity contribution in [3.8, 4) is 11.4 Å². The molecule has 4 bridgehead atoms. The summed E-state index contributed by atoms with van der Waals surface area (Å²) in [6.45, 7) is 2.55. The normalized spacial score (nSPS) is 28.8. The standard InChI is InChI=1S/C27H37N5O3/c1-30-8-2-4-23(30)22-15-25-31(9-3-10-32(25)29-22)26(34)6-5-24(33)28-7-11-35-27-16-19-12-20(17-27)14-21(13-19)18-27/h2,4,8,15,19-21H,3,5-7,9-14,16-18H2,1H3,(H,28,33). The summed E-state index contributed by atoms with van der Waals surface area (Å²) in [5.74, 6) is 3.29. The number of carbonyl (C=O) groups is 2. The maximum absolute atomic E-state index is 13.0. The first-order valence-electron chi connectivity index (χ1n) is 13.4. The molecule has 4 saturated carbocycles. The van der Waals surface area contributed by atoms with Gasteiger partial charge >= 0.3 is 0 Å². The summed E-state index contributed by atoms with van der Waals surface area (Å²) in [7, 11) is 1.99. The van der Waals surface area contributed by atoms with Crippen molar-refractivity contribution in [2.24, 2.45) is 24.8 Å². The van der Waals surface area contributed by atoms with Crippen LogP contribution in [-0.4, -0.2) is 51.5 Å². The van der Waals surface area contributed by atoms with Gasteiger partial charge in [-0.05, 0) is 74.8 Å². The molecule has 2 aromatic heterocycles. The average molecular weight is 480 g/mol. The Kier molecular flexibility index (Phi) is 5.95. The molecular formula is C27H37N5O3. The van der Waals surface area contributed by atoms with Crippen LogP contribution < -0.4 is 10.2 Å². The Morgan fingerprint density at radius 3 is 2.54 bits per heavy atom. The van der Waals surface area contributed by atoms with Crippen molar-refractivity contribution in [3.05, 3.63) is 24.4 Å². The zero-order valence-electron chi connectivity index (χ0n) is 20.7. The number of rotatable bonds is 8. The third kappa shape index (κ3) is 4.53.